The lowest BCUT2D eigenvalue weighted by molar-refractivity contribution is -0.140. The Hall–Kier alpha value is -17.4. The fraction of sp³-hybridized carbons (Fsp3) is 0.196. The molecule has 0 aliphatic carbocycles. The van der Waals surface area contributed by atoms with Crippen molar-refractivity contribution >= 4 is 59.0 Å². The summed E-state index contributed by atoms with van der Waals surface area (Å²) in [5.41, 5.74) is 0.704. The Morgan fingerprint density at radius 2 is 0.842 bits per heavy atom. The van der Waals surface area contributed by atoms with E-state index < -0.39 is 122 Å². The normalized spacial score (nSPS) is 11.0. The number of nitrogens with two attached hydrogens (primary N) is 3. The van der Waals surface area contributed by atoms with E-state index in [4.69, 9.17) is 35.3 Å². The highest BCUT2D eigenvalue weighted by atomic mass is 19.4. The zero-order valence-electron chi connectivity index (χ0n) is 78.8. The van der Waals surface area contributed by atoms with Crippen molar-refractivity contribution in [1.29, 1.82) is 0 Å². The molecule has 7 heterocycles. The number of alkyl halides is 9. The molecule has 15 rings (SSSR count). The number of carboxylic acids is 1. The maximum atomic E-state index is 15.2. The van der Waals surface area contributed by atoms with Crippen LogP contribution in [0.2, 0.25) is 0 Å². The van der Waals surface area contributed by atoms with Crippen molar-refractivity contribution in [3.8, 4) is 79.0 Å². The molecule has 146 heavy (non-hydrogen) atoms. The van der Waals surface area contributed by atoms with Crippen molar-refractivity contribution in [2.75, 3.05) is 51.4 Å². The van der Waals surface area contributed by atoms with Gasteiger partial charge in [0.05, 0.1) is 170 Å². The summed E-state index contributed by atoms with van der Waals surface area (Å²) in [6.45, 7) is 1.91. The molecule has 0 radical (unpaired) electrons. The van der Waals surface area contributed by atoms with Crippen molar-refractivity contribution in [2.45, 2.75) is 71.0 Å². The van der Waals surface area contributed by atoms with Crippen LogP contribution in [0, 0.1) is 17.5 Å². The summed E-state index contributed by atoms with van der Waals surface area (Å²) in [5, 5.41) is 53.7. The van der Waals surface area contributed by atoms with Gasteiger partial charge in [0, 0.05) is 105 Å². The van der Waals surface area contributed by atoms with E-state index in [0.29, 0.717) is 64.5 Å². The molecule has 0 aliphatic heterocycles. The number of amides is 4. The fourth-order valence-electron chi connectivity index (χ4n) is 13.7. The number of carbonyl (C=O) groups is 6. The molecule has 0 saturated heterocycles. The number of aliphatic hydroxyl groups excluding tert-OH is 2. The molecule has 37 nitrogen and oxygen atoms in total. The number of rotatable bonds is 27. The molecule has 49 heteroatoms. The molecule has 15 N–H and O–H groups in total. The number of aliphatic hydroxyl groups is 2. The monoisotopic (exact) mass is 2030 g/mol. The second kappa shape index (κ2) is 51.3. The summed E-state index contributed by atoms with van der Waals surface area (Å²) in [6.07, 6.45) is -3.59. The quantitative estimate of drug-likeness (QED) is 0.00435. The first-order valence-corrected chi connectivity index (χ1v) is 42.6. The Bertz CT molecular complexity index is 6870. The molecular weight excluding hydrogens is 1940 g/mol. The maximum absolute atomic E-state index is 15.2. The van der Waals surface area contributed by atoms with E-state index in [9.17, 15) is 77.4 Å². The Morgan fingerprint density at radius 1 is 0.493 bits per heavy atom. The first kappa shape index (κ1) is 112. The van der Waals surface area contributed by atoms with Gasteiger partial charge in [-0.15, -0.1) is 10.2 Å². The summed E-state index contributed by atoms with van der Waals surface area (Å²) in [4.78, 5) is 104. The molecule has 0 saturated carbocycles. The maximum Gasteiger partial charge on any atom is 0.417 e. The smallest absolute Gasteiger partial charge is 0.417 e. The lowest BCUT2D eigenvalue weighted by atomic mass is 9.99. The molecule has 0 spiro atoms. The van der Waals surface area contributed by atoms with Crippen molar-refractivity contribution in [3.63, 3.8) is 0 Å². The van der Waals surface area contributed by atoms with E-state index in [1.807, 2.05) is 48.7 Å². The number of aliphatic carboxylic acids is 1. The third kappa shape index (κ3) is 30.3. The molecule has 4 amide bonds. The van der Waals surface area contributed by atoms with Crippen molar-refractivity contribution < 1.29 is 116 Å². The van der Waals surface area contributed by atoms with Crippen LogP contribution in [0.25, 0.3) is 67.5 Å². The van der Waals surface area contributed by atoms with Crippen LogP contribution >= 0.6 is 0 Å². The molecule has 764 valence electrons. The molecule has 15 aromatic rings. The molecule has 8 aromatic carbocycles. The minimum Gasteiger partial charge on any atom is -0.496 e. The van der Waals surface area contributed by atoms with E-state index in [1.165, 1.54) is 105 Å². The molecule has 0 fully saturated rings. The number of nitrogens with one attached hydrogen (secondary N) is 4. The summed E-state index contributed by atoms with van der Waals surface area (Å²) in [5.74, 6) is 6.41. The highest BCUT2D eigenvalue weighted by Gasteiger charge is 2.40. The van der Waals surface area contributed by atoms with Crippen LogP contribution in [0.3, 0.4) is 0 Å². The lowest BCUT2D eigenvalue weighted by Gasteiger charge is -2.16. The SMILES string of the molecule is CC(=O)O.COC(=O)Cc1ncc(NC(=O)c2cc(-c3ccn(C)n3)c(C(F)(F)F)cc2F)c(-c2ccccc2)n1.COc1cc(CO)ccc1CN=CN(C)C.COc1cc(CO)ccc1Cn1cnnc1Cc1ncc(NC(=O)c2cc(-c3ccn(C)n3)c(C(F)(F)F)cc2F)c(-c2ccccc2)n1.Cn1ccc(-c2cc(C(=O)Nc3cnc(CC(=O)NN)nc3-c3ccccc3)c(F)cc2C(F)(F)F)n1.NN.O. The number of esters is 1. The van der Waals surface area contributed by atoms with Gasteiger partial charge in [-0.1, -0.05) is 115 Å². The molecule has 0 unspecified atom stereocenters. The van der Waals surface area contributed by atoms with Gasteiger partial charge < -0.3 is 60.4 Å². The fourth-order valence-corrected chi connectivity index (χ4v) is 13.7. The van der Waals surface area contributed by atoms with E-state index >= 15 is 4.39 Å². The number of aliphatic imine (C=N–C) groups is 1. The highest BCUT2D eigenvalue weighted by Crippen LogP contribution is 2.43. The lowest BCUT2D eigenvalue weighted by Crippen LogP contribution is -2.32. The number of hydrazine groups is 2. The third-order valence-corrected chi connectivity index (χ3v) is 20.3. The molecule has 0 aliphatic rings. The largest absolute Gasteiger partial charge is 0.496 e. The minimum atomic E-state index is -4.90. The number of hydrogen-bond donors (Lipinski definition) is 10. The summed E-state index contributed by atoms with van der Waals surface area (Å²) in [6, 6.07) is 44.3. The number of anilines is 3. The van der Waals surface area contributed by atoms with Crippen molar-refractivity contribution in [1.82, 2.24) is 84.3 Å². The van der Waals surface area contributed by atoms with E-state index in [-0.39, 0.29) is 107 Å². The van der Waals surface area contributed by atoms with Crippen molar-refractivity contribution in [3.05, 3.63) is 322 Å². The molecule has 7 aromatic heterocycles. The van der Waals surface area contributed by atoms with Crippen LogP contribution < -0.4 is 48.4 Å². The average molecular weight is 2030 g/mol. The van der Waals surface area contributed by atoms with Gasteiger partial charge in [-0.2, -0.15) is 54.8 Å². The highest BCUT2D eigenvalue weighted by molar-refractivity contribution is 6.09. The minimum absolute atomic E-state index is 0. The number of methoxy groups -OCH3 is 3. The van der Waals surface area contributed by atoms with E-state index in [1.54, 1.807) is 127 Å². The number of carbonyl (C=O) groups excluding carboxylic acids is 5. The van der Waals surface area contributed by atoms with Crippen LogP contribution in [0.15, 0.2) is 230 Å². The van der Waals surface area contributed by atoms with Gasteiger partial charge in [-0.3, -0.25) is 64.9 Å². The number of aromatic nitrogens is 15. The van der Waals surface area contributed by atoms with Crippen molar-refractivity contribution in [2.24, 2.45) is 43.7 Å². The summed E-state index contributed by atoms with van der Waals surface area (Å²) >= 11 is 0. The van der Waals surface area contributed by atoms with E-state index in [0.717, 1.165) is 47.6 Å². The van der Waals surface area contributed by atoms with Crippen LogP contribution in [-0.2, 0) is 104 Å². The third-order valence-electron chi connectivity index (χ3n) is 20.3. The predicted octanol–water partition coefficient (Wildman–Crippen LogP) is 13.2. The van der Waals surface area contributed by atoms with Gasteiger partial charge in [0.1, 0.15) is 65.0 Å². The van der Waals surface area contributed by atoms with Crippen LogP contribution in [0.4, 0.5) is 69.7 Å². The number of hydrogen-bond acceptors (Lipinski definition) is 26. The first-order chi connectivity index (χ1) is 69.1. The van der Waals surface area contributed by atoms with Crippen LogP contribution in [0.5, 0.6) is 11.5 Å². The van der Waals surface area contributed by atoms with Gasteiger partial charge >= 0.3 is 24.5 Å². The van der Waals surface area contributed by atoms with Crippen LogP contribution in [-0.4, -0.2) is 177 Å². The topological polar surface area (TPSA) is 526 Å². The Kier molecular flexibility index (Phi) is 39.4. The average Bonchev–Trinajstić information content (AvgIpc) is 1.30. The number of benzene rings is 8. The van der Waals surface area contributed by atoms with Gasteiger partial charge in [-0.05, 0) is 77.9 Å². The second-order valence-electron chi connectivity index (χ2n) is 31.0. The molecule has 0 bridgehead atoms. The van der Waals surface area contributed by atoms with Gasteiger partial charge in [0.25, 0.3) is 23.7 Å². The second-order valence-corrected chi connectivity index (χ2v) is 31.0. The zero-order chi connectivity index (χ0) is 106. The summed E-state index contributed by atoms with van der Waals surface area (Å²) in [7, 11) is 12.8. The van der Waals surface area contributed by atoms with Gasteiger partial charge in [0.15, 0.2) is 0 Å². The Morgan fingerprint density at radius 3 is 1.17 bits per heavy atom. The van der Waals surface area contributed by atoms with Gasteiger partial charge in [-0.25, -0.2) is 48.9 Å². The Balaban J connectivity index is 0.000000222. The van der Waals surface area contributed by atoms with Gasteiger partial charge in [0.2, 0.25) is 5.91 Å². The molecular formula is C97H94F12N24O13. The standard InChI is InChI=1S/C34H28F4N8O3.C25H19F4N5O3.C24H19F4N7O2.C12H18N2O2.C2H4O2.H4N2.H2O/c1-45-11-10-27(44-45)23-13-24(26(35)14-25(23)34(36,37)38)33(48)41-28-16-39-30(42-32(28)21-6-4-3-5-7-21)15-31-43-40-19-46(31)17-22-9-8-20(18-47)12-29(22)49-2;1-34-9-8-19(33-34)15-10-16(18(26)11-17(15)25(27,28)29)24(36)31-20-13-30-21(12-22(35)37-2)32-23(20)14-6-4-3-5-7-14;1-35-8-7-18(34-35)14-9-15(17(25)10-16(14)24(26,27)28)23(37)31-19-12-30-20(11-21(36)33-29)32-22(19)13-5-3-2-4-6-13;1-14(2)9-13-7-11-5-4-10(8-15)6-12(11)16-3;1-2(3)4;1-2;/h3-14,16,19,47H,15,17-18H2,1-2H3,(H,41,48);3-11,13H,12H2,1-2H3,(H,31,36);2-10,12H,11,29H2,1H3,(H,31,37)(H,33,36);4-6,9,15H,7-8H2,1-3H3;1H3,(H,3,4);1-2H2;1H2. The number of carboxylic acid groups (broad SMARTS) is 1. The summed E-state index contributed by atoms with van der Waals surface area (Å²) < 4.78 is 189. The number of nitrogens with zero attached hydrogens (tertiary/aromatic N) is 17. The number of halogens is 12. The number of aryl methyl sites for hydroxylation is 3. The number of ether oxygens (including phenoxy) is 3. The first-order valence-electron chi connectivity index (χ1n) is 42.6. The zero-order valence-corrected chi connectivity index (χ0v) is 78.8. The predicted molar refractivity (Wildman–Crippen MR) is 510 cm³/mol. The Labute approximate surface area is 823 Å². The molecule has 0 atom stereocenters. The van der Waals surface area contributed by atoms with Crippen LogP contribution in [0.1, 0.15) is 100 Å². The van der Waals surface area contributed by atoms with E-state index in [2.05, 4.69) is 87.8 Å².